The van der Waals surface area contributed by atoms with E-state index < -0.39 is 0 Å². The molecule has 4 heteroatoms. The molecule has 1 heterocycles. The zero-order valence-corrected chi connectivity index (χ0v) is 11.4. The molecule has 2 atom stereocenters. The second kappa shape index (κ2) is 7.14. The van der Waals surface area contributed by atoms with Gasteiger partial charge in [0.1, 0.15) is 5.75 Å². The molecule has 2 unspecified atom stereocenters. The second-order valence-electron chi connectivity index (χ2n) is 5.06. The summed E-state index contributed by atoms with van der Waals surface area (Å²) < 4.78 is 5.52. The maximum atomic E-state index is 11.8. The summed E-state index contributed by atoms with van der Waals surface area (Å²) in [5.74, 6) is 1.38. The van der Waals surface area contributed by atoms with E-state index in [1.54, 1.807) is 0 Å². The zero-order chi connectivity index (χ0) is 13.5. The van der Waals surface area contributed by atoms with Crippen molar-refractivity contribution in [3.63, 3.8) is 0 Å². The summed E-state index contributed by atoms with van der Waals surface area (Å²) >= 11 is 0. The third-order valence-electron chi connectivity index (χ3n) is 3.47. The lowest BCUT2D eigenvalue weighted by Crippen LogP contribution is -2.48. The Labute approximate surface area is 114 Å². The van der Waals surface area contributed by atoms with E-state index in [4.69, 9.17) is 4.74 Å². The summed E-state index contributed by atoms with van der Waals surface area (Å²) in [4.78, 5) is 11.8. The van der Waals surface area contributed by atoms with Gasteiger partial charge in [-0.25, -0.2) is 0 Å². The lowest BCUT2D eigenvalue weighted by Gasteiger charge is -2.30. The summed E-state index contributed by atoms with van der Waals surface area (Å²) in [6, 6.07) is 9.88. The Morgan fingerprint density at radius 2 is 2.21 bits per heavy atom. The minimum absolute atomic E-state index is 0.0784. The number of nitrogens with one attached hydrogen (secondary N) is 2. The summed E-state index contributed by atoms with van der Waals surface area (Å²) in [5.41, 5.74) is 0. The van der Waals surface area contributed by atoms with Gasteiger partial charge in [-0.05, 0) is 37.6 Å². The van der Waals surface area contributed by atoms with Crippen molar-refractivity contribution in [1.82, 2.24) is 10.6 Å². The smallest absolute Gasteiger partial charge is 0.223 e. The van der Waals surface area contributed by atoms with E-state index in [9.17, 15) is 4.79 Å². The van der Waals surface area contributed by atoms with Crippen LogP contribution in [-0.2, 0) is 4.79 Å². The topological polar surface area (TPSA) is 50.4 Å². The van der Waals surface area contributed by atoms with Crippen LogP contribution in [0.4, 0.5) is 0 Å². The molecule has 1 aliphatic rings. The third kappa shape index (κ3) is 4.56. The lowest BCUT2D eigenvalue weighted by atomic mass is 9.95. The first kappa shape index (κ1) is 13.9. The second-order valence-corrected chi connectivity index (χ2v) is 5.06. The first-order chi connectivity index (χ1) is 9.25. The molecule has 2 N–H and O–H groups in total. The standard InChI is InChI=1S/C15H22N2O2/c1-12-11-16-9-7-14(12)17-15(18)8-10-19-13-5-3-2-4-6-13/h2-6,12,14,16H,7-11H2,1H3,(H,17,18). The molecule has 19 heavy (non-hydrogen) atoms. The van der Waals surface area contributed by atoms with Crippen molar-refractivity contribution in [2.45, 2.75) is 25.8 Å². The molecule has 1 saturated heterocycles. The van der Waals surface area contributed by atoms with Gasteiger partial charge in [-0.1, -0.05) is 25.1 Å². The lowest BCUT2D eigenvalue weighted by molar-refractivity contribution is -0.122. The molecule has 4 nitrogen and oxygen atoms in total. The molecule has 0 aromatic heterocycles. The highest BCUT2D eigenvalue weighted by atomic mass is 16.5. The van der Waals surface area contributed by atoms with Crippen molar-refractivity contribution in [3.05, 3.63) is 30.3 Å². The molecular weight excluding hydrogens is 240 g/mol. The fourth-order valence-electron chi connectivity index (χ4n) is 2.29. The first-order valence-corrected chi connectivity index (χ1v) is 6.93. The van der Waals surface area contributed by atoms with Gasteiger partial charge in [0.25, 0.3) is 0 Å². The Kier molecular flexibility index (Phi) is 5.21. The highest BCUT2D eigenvalue weighted by Gasteiger charge is 2.22. The molecule has 1 aromatic rings. The van der Waals surface area contributed by atoms with E-state index in [0.717, 1.165) is 25.3 Å². The average molecular weight is 262 g/mol. The normalized spacial score (nSPS) is 22.8. The predicted octanol–water partition coefficient (Wildman–Crippen LogP) is 1.57. The van der Waals surface area contributed by atoms with Crippen LogP contribution in [0.2, 0.25) is 0 Å². The van der Waals surface area contributed by atoms with Crippen molar-refractivity contribution in [1.29, 1.82) is 0 Å². The molecule has 0 aliphatic carbocycles. The summed E-state index contributed by atoms with van der Waals surface area (Å²) in [6.45, 7) is 4.55. The van der Waals surface area contributed by atoms with Crippen LogP contribution in [0, 0.1) is 5.92 Å². The minimum Gasteiger partial charge on any atom is -0.493 e. The number of amides is 1. The number of rotatable bonds is 5. The van der Waals surface area contributed by atoms with Crippen LogP contribution in [0.1, 0.15) is 19.8 Å². The molecular formula is C15H22N2O2. The zero-order valence-electron chi connectivity index (χ0n) is 11.4. The van der Waals surface area contributed by atoms with Gasteiger partial charge in [-0.15, -0.1) is 0 Å². The van der Waals surface area contributed by atoms with Crippen molar-refractivity contribution >= 4 is 5.91 Å². The van der Waals surface area contributed by atoms with E-state index in [2.05, 4.69) is 17.6 Å². The molecule has 1 amide bonds. The molecule has 1 aliphatic heterocycles. The Morgan fingerprint density at radius 3 is 2.95 bits per heavy atom. The maximum Gasteiger partial charge on any atom is 0.223 e. The van der Waals surface area contributed by atoms with Crippen molar-refractivity contribution in [3.8, 4) is 5.75 Å². The number of benzene rings is 1. The van der Waals surface area contributed by atoms with Crippen LogP contribution >= 0.6 is 0 Å². The number of hydrogen-bond acceptors (Lipinski definition) is 3. The molecule has 104 valence electrons. The Balaban J connectivity index is 1.67. The molecule has 0 saturated carbocycles. The van der Waals surface area contributed by atoms with Gasteiger partial charge in [-0.3, -0.25) is 4.79 Å². The highest BCUT2D eigenvalue weighted by molar-refractivity contribution is 5.76. The van der Waals surface area contributed by atoms with Crippen LogP contribution in [-0.4, -0.2) is 31.6 Å². The Bertz CT molecular complexity index is 394. The third-order valence-corrected chi connectivity index (χ3v) is 3.47. The average Bonchev–Trinajstić information content (AvgIpc) is 2.43. The number of piperidine rings is 1. The van der Waals surface area contributed by atoms with Crippen molar-refractivity contribution < 1.29 is 9.53 Å². The first-order valence-electron chi connectivity index (χ1n) is 6.93. The van der Waals surface area contributed by atoms with Gasteiger partial charge in [-0.2, -0.15) is 0 Å². The Hall–Kier alpha value is -1.55. The predicted molar refractivity (Wildman–Crippen MR) is 75.1 cm³/mol. The monoisotopic (exact) mass is 262 g/mol. The molecule has 0 radical (unpaired) electrons. The van der Waals surface area contributed by atoms with Crippen LogP contribution in [0.3, 0.4) is 0 Å². The SMILES string of the molecule is CC1CNCCC1NC(=O)CCOc1ccccc1. The number of carbonyl (C=O) groups is 1. The van der Waals surface area contributed by atoms with Gasteiger partial charge in [0.05, 0.1) is 13.0 Å². The van der Waals surface area contributed by atoms with E-state index in [1.807, 2.05) is 30.3 Å². The van der Waals surface area contributed by atoms with Crippen LogP contribution in [0.25, 0.3) is 0 Å². The molecule has 2 rings (SSSR count). The van der Waals surface area contributed by atoms with Gasteiger partial charge >= 0.3 is 0 Å². The fourth-order valence-corrected chi connectivity index (χ4v) is 2.29. The van der Waals surface area contributed by atoms with E-state index >= 15 is 0 Å². The number of para-hydroxylation sites is 1. The van der Waals surface area contributed by atoms with Gasteiger partial charge in [0.2, 0.25) is 5.91 Å². The van der Waals surface area contributed by atoms with Gasteiger partial charge in [0, 0.05) is 6.04 Å². The molecule has 0 bridgehead atoms. The molecule has 0 spiro atoms. The van der Waals surface area contributed by atoms with Crippen LogP contribution < -0.4 is 15.4 Å². The molecule has 1 fully saturated rings. The number of carbonyl (C=O) groups excluding carboxylic acids is 1. The van der Waals surface area contributed by atoms with Gasteiger partial charge < -0.3 is 15.4 Å². The van der Waals surface area contributed by atoms with E-state index in [-0.39, 0.29) is 5.91 Å². The summed E-state index contributed by atoms with van der Waals surface area (Å²) in [7, 11) is 0. The molecule has 1 aromatic carbocycles. The summed E-state index contributed by atoms with van der Waals surface area (Å²) in [6.07, 6.45) is 1.41. The minimum atomic E-state index is 0.0784. The largest absolute Gasteiger partial charge is 0.493 e. The fraction of sp³-hybridized carbons (Fsp3) is 0.533. The maximum absolute atomic E-state index is 11.8. The highest BCUT2D eigenvalue weighted by Crippen LogP contribution is 2.11. The quantitative estimate of drug-likeness (QED) is 0.847. The number of ether oxygens (including phenoxy) is 1. The van der Waals surface area contributed by atoms with Gasteiger partial charge in [0.15, 0.2) is 0 Å². The Morgan fingerprint density at radius 1 is 1.42 bits per heavy atom. The van der Waals surface area contributed by atoms with Crippen LogP contribution in [0.15, 0.2) is 30.3 Å². The van der Waals surface area contributed by atoms with Crippen molar-refractivity contribution in [2.24, 2.45) is 5.92 Å². The summed E-state index contributed by atoms with van der Waals surface area (Å²) in [5, 5.41) is 6.42. The van der Waals surface area contributed by atoms with E-state index in [1.165, 1.54) is 0 Å². The van der Waals surface area contributed by atoms with E-state index in [0.29, 0.717) is 25.0 Å². The van der Waals surface area contributed by atoms with Crippen molar-refractivity contribution in [2.75, 3.05) is 19.7 Å². The number of hydrogen-bond donors (Lipinski definition) is 2. The van der Waals surface area contributed by atoms with Crippen LogP contribution in [0.5, 0.6) is 5.75 Å².